The third kappa shape index (κ3) is 3.73. The van der Waals surface area contributed by atoms with Crippen molar-refractivity contribution in [1.82, 2.24) is 0 Å². The molecule has 1 N–H and O–H groups in total. The summed E-state index contributed by atoms with van der Waals surface area (Å²) in [5, 5.41) is 0. The van der Waals surface area contributed by atoms with Crippen molar-refractivity contribution in [2.45, 2.75) is 43.7 Å². The Balaban J connectivity index is 1.77. The highest BCUT2D eigenvalue weighted by Crippen LogP contribution is 2.55. The summed E-state index contributed by atoms with van der Waals surface area (Å²) >= 11 is 0. The van der Waals surface area contributed by atoms with Gasteiger partial charge in [-0.15, -0.1) is 0 Å². The summed E-state index contributed by atoms with van der Waals surface area (Å²) < 4.78 is 44.5. The van der Waals surface area contributed by atoms with Crippen molar-refractivity contribution in [3.63, 3.8) is 0 Å². The van der Waals surface area contributed by atoms with Crippen LogP contribution in [0.2, 0.25) is 0 Å². The van der Waals surface area contributed by atoms with Crippen molar-refractivity contribution >= 4 is 27.9 Å². The molecule has 174 valence electrons. The molecule has 1 spiro atoms. The van der Waals surface area contributed by atoms with E-state index in [9.17, 15) is 17.8 Å². The number of esters is 1. The minimum atomic E-state index is -4.33. The molecule has 1 atom stereocenters. The molecule has 0 radical (unpaired) electrons. The molecule has 8 heteroatoms. The van der Waals surface area contributed by atoms with Gasteiger partial charge in [-0.3, -0.25) is 4.55 Å². The summed E-state index contributed by atoms with van der Waals surface area (Å²) in [5.74, 6) is 0.0428. The van der Waals surface area contributed by atoms with Gasteiger partial charge in [0.1, 0.15) is 12.4 Å². The number of hydrogen-bond acceptors (Lipinski definition) is 6. The number of carbonyl (C=O) groups is 1. The molecule has 2 aliphatic rings. The molecule has 2 aromatic rings. The number of benzene rings is 2. The van der Waals surface area contributed by atoms with E-state index in [1.807, 2.05) is 25.1 Å². The van der Waals surface area contributed by atoms with E-state index in [4.69, 9.17) is 9.47 Å². The second-order valence-electron chi connectivity index (χ2n) is 9.02. The summed E-state index contributed by atoms with van der Waals surface area (Å²) in [6.45, 7) is 12.0. The van der Waals surface area contributed by atoms with Gasteiger partial charge in [-0.2, -0.15) is 8.42 Å². The maximum absolute atomic E-state index is 11.9. The Morgan fingerprint density at radius 2 is 1.94 bits per heavy atom. The van der Waals surface area contributed by atoms with E-state index < -0.39 is 27.2 Å². The third-order valence-corrected chi connectivity index (χ3v) is 7.19. The predicted octanol–water partition coefficient (Wildman–Crippen LogP) is 4.26. The maximum atomic E-state index is 11.9. The highest BCUT2D eigenvalue weighted by Gasteiger charge is 2.58. The Labute approximate surface area is 194 Å². The lowest BCUT2D eigenvalue weighted by atomic mass is 9.76. The Bertz CT molecular complexity index is 1290. The lowest BCUT2D eigenvalue weighted by Gasteiger charge is -2.47. The molecule has 4 rings (SSSR count). The third-order valence-electron chi connectivity index (χ3n) is 6.34. The first-order valence-electron chi connectivity index (χ1n) is 10.6. The summed E-state index contributed by atoms with van der Waals surface area (Å²) in [4.78, 5) is 13.8. The number of rotatable bonds is 5. The topological polar surface area (TPSA) is 93.1 Å². The number of anilines is 1. The van der Waals surface area contributed by atoms with Crippen molar-refractivity contribution in [2.75, 3.05) is 18.1 Å². The van der Waals surface area contributed by atoms with Crippen LogP contribution in [-0.4, -0.2) is 37.8 Å². The summed E-state index contributed by atoms with van der Waals surface area (Å²) in [6.07, 6.45) is 3.71. The monoisotopic (exact) mass is 469 g/mol. The van der Waals surface area contributed by atoms with E-state index in [2.05, 4.69) is 31.4 Å². The average Bonchev–Trinajstić information content (AvgIpc) is 2.90. The maximum Gasteiger partial charge on any atom is 0.333 e. The Kier molecular flexibility index (Phi) is 5.41. The van der Waals surface area contributed by atoms with Crippen LogP contribution in [0.25, 0.3) is 6.08 Å². The van der Waals surface area contributed by atoms with Gasteiger partial charge in [0.2, 0.25) is 5.72 Å². The number of carbonyl (C=O) groups excluding carboxylic acids is 1. The van der Waals surface area contributed by atoms with E-state index in [1.165, 1.54) is 12.1 Å². The van der Waals surface area contributed by atoms with Gasteiger partial charge in [0.15, 0.2) is 0 Å². The van der Waals surface area contributed by atoms with E-state index in [0.29, 0.717) is 23.4 Å². The van der Waals surface area contributed by atoms with Gasteiger partial charge in [-0.05, 0) is 69.7 Å². The molecular formula is C25H27NO6S. The van der Waals surface area contributed by atoms with Crippen molar-refractivity contribution in [2.24, 2.45) is 0 Å². The lowest BCUT2D eigenvalue weighted by Crippen LogP contribution is -2.60. The van der Waals surface area contributed by atoms with Crippen molar-refractivity contribution < 1.29 is 27.2 Å². The molecule has 2 aliphatic heterocycles. The van der Waals surface area contributed by atoms with Crippen LogP contribution in [0.4, 0.5) is 5.69 Å². The molecular weight excluding hydrogens is 442 g/mol. The van der Waals surface area contributed by atoms with Crippen molar-refractivity contribution in [3.05, 3.63) is 71.3 Å². The van der Waals surface area contributed by atoms with Crippen LogP contribution in [0, 0.1) is 6.92 Å². The smallest absolute Gasteiger partial charge is 0.333 e. The molecule has 2 aromatic carbocycles. The summed E-state index contributed by atoms with van der Waals surface area (Å²) in [5.41, 5.74) is 2.63. The van der Waals surface area contributed by atoms with E-state index in [0.717, 1.165) is 16.8 Å². The molecule has 0 saturated carbocycles. The van der Waals surface area contributed by atoms with Gasteiger partial charge >= 0.3 is 5.97 Å². The van der Waals surface area contributed by atoms with E-state index >= 15 is 0 Å². The first kappa shape index (κ1) is 23.1. The van der Waals surface area contributed by atoms with Crippen LogP contribution in [0.3, 0.4) is 0 Å². The van der Waals surface area contributed by atoms with Gasteiger partial charge < -0.3 is 14.4 Å². The predicted molar refractivity (Wildman–Crippen MR) is 126 cm³/mol. The highest BCUT2D eigenvalue weighted by atomic mass is 32.2. The fraction of sp³-hybridized carbons (Fsp3) is 0.320. The second-order valence-corrected chi connectivity index (χ2v) is 10.4. The first-order valence-corrected chi connectivity index (χ1v) is 12.0. The van der Waals surface area contributed by atoms with Gasteiger partial charge in [0, 0.05) is 16.8 Å². The molecule has 7 nitrogen and oxygen atoms in total. The molecule has 0 amide bonds. The van der Waals surface area contributed by atoms with Crippen LogP contribution >= 0.6 is 0 Å². The molecule has 0 aliphatic carbocycles. The van der Waals surface area contributed by atoms with Crippen LogP contribution in [0.5, 0.6) is 5.75 Å². The number of aryl methyl sites for hydroxylation is 1. The number of ether oxygens (including phenoxy) is 2. The quantitative estimate of drug-likeness (QED) is 0.397. The van der Waals surface area contributed by atoms with Crippen LogP contribution in [0.15, 0.2) is 59.5 Å². The molecule has 0 aromatic heterocycles. The number of fused-ring (bicyclic) bond motifs is 2. The molecule has 0 saturated heterocycles. The number of nitrogens with zero attached hydrogens (tertiary/aromatic N) is 1. The second kappa shape index (κ2) is 7.74. The molecule has 0 unspecified atom stereocenters. The van der Waals surface area contributed by atoms with Crippen molar-refractivity contribution in [1.29, 1.82) is 0 Å². The van der Waals surface area contributed by atoms with Gasteiger partial charge in [0.05, 0.1) is 16.9 Å². The van der Waals surface area contributed by atoms with Gasteiger partial charge in [0.25, 0.3) is 10.1 Å². The first-order chi connectivity index (χ1) is 15.4. The summed E-state index contributed by atoms with van der Waals surface area (Å²) in [6, 6.07) is 10.4. The van der Waals surface area contributed by atoms with Crippen LogP contribution in [-0.2, 0) is 25.1 Å². The zero-order valence-electron chi connectivity index (χ0n) is 19.1. The molecule has 33 heavy (non-hydrogen) atoms. The fourth-order valence-corrected chi connectivity index (χ4v) is 5.05. The van der Waals surface area contributed by atoms with E-state index in [-0.39, 0.29) is 11.5 Å². The fourth-order valence-electron chi connectivity index (χ4n) is 4.53. The molecule has 2 heterocycles. The average molecular weight is 470 g/mol. The van der Waals surface area contributed by atoms with Crippen molar-refractivity contribution in [3.8, 4) is 5.75 Å². The van der Waals surface area contributed by atoms with Crippen LogP contribution in [0.1, 0.15) is 37.5 Å². The zero-order chi connectivity index (χ0) is 24.2. The highest BCUT2D eigenvalue weighted by molar-refractivity contribution is 7.85. The summed E-state index contributed by atoms with van der Waals surface area (Å²) in [7, 11) is -4.33. The normalized spacial score (nSPS) is 20.2. The number of hydrogen-bond donors (Lipinski definition) is 1. The Hall–Kier alpha value is -3.10. The zero-order valence-corrected chi connectivity index (χ0v) is 19.9. The lowest BCUT2D eigenvalue weighted by molar-refractivity contribution is -0.138. The SMILES string of the molecule is C=C(C)C(=O)OCCN1c2ccc(C)cc2C(C)(C)[C@]12C=Cc1cc(S(=O)(=O)O)ccc1O2. The van der Waals surface area contributed by atoms with Gasteiger partial charge in [-0.25, -0.2) is 4.79 Å². The Morgan fingerprint density at radius 1 is 1.21 bits per heavy atom. The minimum Gasteiger partial charge on any atom is -0.463 e. The molecule has 0 bridgehead atoms. The molecule has 0 fully saturated rings. The van der Waals surface area contributed by atoms with Crippen LogP contribution < -0.4 is 9.64 Å². The van der Waals surface area contributed by atoms with Gasteiger partial charge in [-0.1, -0.05) is 24.3 Å². The Morgan fingerprint density at radius 3 is 2.61 bits per heavy atom. The largest absolute Gasteiger partial charge is 0.463 e. The standard InChI is InChI=1S/C25H27NO6S/c1-16(2)23(27)31-13-12-26-21-8-6-17(3)14-20(21)24(4,5)25(26)11-10-18-15-19(33(28,29)30)7-9-22(18)32-25/h6-11,14-15H,1,12-13H2,2-5H3,(H,28,29,30)/t25-/m1/s1. The minimum absolute atomic E-state index is 0.141. The van der Waals surface area contributed by atoms with E-state index in [1.54, 1.807) is 19.1 Å².